The lowest BCUT2D eigenvalue weighted by atomic mass is 9.67. The third-order valence-corrected chi connectivity index (χ3v) is 10.2. The van der Waals surface area contributed by atoms with Crippen LogP contribution in [-0.2, 0) is 11.8 Å². The Morgan fingerprint density at radius 3 is 1.98 bits per heavy atom. The van der Waals surface area contributed by atoms with Crippen LogP contribution in [0.3, 0.4) is 0 Å². The summed E-state index contributed by atoms with van der Waals surface area (Å²) in [6.07, 6.45) is 6.80. The first-order valence-corrected chi connectivity index (χ1v) is 16.2. The molecule has 0 saturated carbocycles. The van der Waals surface area contributed by atoms with Gasteiger partial charge < -0.3 is 9.47 Å². The summed E-state index contributed by atoms with van der Waals surface area (Å²) in [4.78, 5) is 2.32. The molecule has 6 aromatic carbocycles. The SMILES string of the molecule is CN(c1ccc(-n2c3c(c4ccccc42)CCC=C3)cc1)c1ccc2c(c1)C(c1ccccc1)(c1ccccc1)c1ccccc1-2. The van der Waals surface area contributed by atoms with E-state index in [9.17, 15) is 0 Å². The molecule has 0 amide bonds. The first kappa shape index (κ1) is 26.8. The normalized spacial score (nSPS) is 14.1. The fourth-order valence-corrected chi connectivity index (χ4v) is 8.08. The van der Waals surface area contributed by atoms with Crippen molar-refractivity contribution in [1.29, 1.82) is 0 Å². The van der Waals surface area contributed by atoms with E-state index in [4.69, 9.17) is 0 Å². The summed E-state index contributed by atoms with van der Waals surface area (Å²) < 4.78 is 2.42. The Morgan fingerprint density at radius 2 is 1.22 bits per heavy atom. The van der Waals surface area contributed by atoms with Gasteiger partial charge in [0.15, 0.2) is 0 Å². The molecule has 0 atom stereocenters. The van der Waals surface area contributed by atoms with E-state index in [-0.39, 0.29) is 0 Å². The van der Waals surface area contributed by atoms with Gasteiger partial charge in [-0.2, -0.15) is 0 Å². The van der Waals surface area contributed by atoms with Crippen molar-refractivity contribution < 1.29 is 0 Å². The van der Waals surface area contributed by atoms with Crippen molar-refractivity contribution in [2.75, 3.05) is 11.9 Å². The number of fused-ring (bicyclic) bond motifs is 6. The number of aryl methyl sites for hydroxylation is 1. The zero-order chi connectivity index (χ0) is 30.7. The van der Waals surface area contributed by atoms with Gasteiger partial charge in [0.25, 0.3) is 0 Å². The van der Waals surface area contributed by atoms with Crippen LogP contribution in [0.15, 0.2) is 158 Å². The van der Waals surface area contributed by atoms with E-state index >= 15 is 0 Å². The second-order valence-electron chi connectivity index (χ2n) is 12.5. The third-order valence-electron chi connectivity index (χ3n) is 10.2. The van der Waals surface area contributed by atoms with Gasteiger partial charge in [-0.1, -0.05) is 115 Å². The zero-order valence-electron chi connectivity index (χ0n) is 25.9. The topological polar surface area (TPSA) is 8.17 Å². The van der Waals surface area contributed by atoms with E-state index in [0.29, 0.717) is 0 Å². The molecule has 2 aliphatic rings. The summed E-state index contributed by atoms with van der Waals surface area (Å²) in [6.45, 7) is 0. The second-order valence-corrected chi connectivity index (χ2v) is 12.5. The molecular formula is C44H34N2. The minimum absolute atomic E-state index is 0.406. The van der Waals surface area contributed by atoms with Crippen LogP contribution in [0.25, 0.3) is 33.8 Å². The van der Waals surface area contributed by atoms with Crippen LogP contribution in [0.4, 0.5) is 11.4 Å². The molecule has 0 fully saturated rings. The van der Waals surface area contributed by atoms with Crippen LogP contribution in [0.5, 0.6) is 0 Å². The van der Waals surface area contributed by atoms with Gasteiger partial charge in [0.1, 0.15) is 0 Å². The monoisotopic (exact) mass is 590 g/mol. The molecule has 2 heteroatoms. The standard InChI is InChI=1S/C44H34N2/c1-45(33-24-26-34(27-25-33)46-42-22-12-9-19-38(42)39-20-10-13-23-43(39)46)35-28-29-37-36-18-8-11-21-40(36)44(41(37)30-35,31-14-4-2-5-15-31)32-16-6-3-7-17-32/h2-9,11-19,21-30H,10,20H2,1H3. The summed E-state index contributed by atoms with van der Waals surface area (Å²) in [5.41, 5.74) is 15.0. The molecule has 46 heavy (non-hydrogen) atoms. The summed E-state index contributed by atoms with van der Waals surface area (Å²) in [7, 11) is 2.18. The van der Waals surface area contributed by atoms with Gasteiger partial charge in [-0.25, -0.2) is 0 Å². The van der Waals surface area contributed by atoms with Crippen molar-refractivity contribution in [1.82, 2.24) is 4.57 Å². The molecule has 0 spiro atoms. The Kier molecular flexibility index (Phi) is 6.11. The molecule has 0 N–H and O–H groups in total. The summed E-state index contributed by atoms with van der Waals surface area (Å²) in [6, 6.07) is 55.8. The van der Waals surface area contributed by atoms with Gasteiger partial charge in [-0.15, -0.1) is 0 Å². The highest BCUT2D eigenvalue weighted by molar-refractivity contribution is 5.91. The van der Waals surface area contributed by atoms with Gasteiger partial charge >= 0.3 is 0 Å². The third kappa shape index (κ3) is 3.83. The van der Waals surface area contributed by atoms with Crippen LogP contribution in [-0.4, -0.2) is 11.6 Å². The fourth-order valence-electron chi connectivity index (χ4n) is 8.08. The molecule has 0 aliphatic heterocycles. The molecule has 0 saturated heterocycles. The Labute approximate surface area is 270 Å². The number of hydrogen-bond acceptors (Lipinski definition) is 1. The van der Waals surface area contributed by atoms with Crippen LogP contribution >= 0.6 is 0 Å². The van der Waals surface area contributed by atoms with Crippen molar-refractivity contribution in [2.45, 2.75) is 18.3 Å². The van der Waals surface area contributed by atoms with Crippen molar-refractivity contribution in [3.05, 3.63) is 191 Å². The highest BCUT2D eigenvalue weighted by Crippen LogP contribution is 2.56. The van der Waals surface area contributed by atoms with Gasteiger partial charge in [-0.3, -0.25) is 0 Å². The minimum Gasteiger partial charge on any atom is -0.345 e. The van der Waals surface area contributed by atoms with Crippen LogP contribution in [0.1, 0.15) is 39.9 Å². The van der Waals surface area contributed by atoms with E-state index in [1.54, 1.807) is 0 Å². The predicted octanol–water partition coefficient (Wildman–Crippen LogP) is 10.7. The van der Waals surface area contributed by atoms with E-state index < -0.39 is 5.41 Å². The van der Waals surface area contributed by atoms with Gasteiger partial charge in [0, 0.05) is 35.2 Å². The van der Waals surface area contributed by atoms with E-state index in [0.717, 1.165) is 18.5 Å². The number of nitrogens with zero attached hydrogens (tertiary/aromatic N) is 2. The number of benzene rings is 6. The largest absolute Gasteiger partial charge is 0.345 e. The molecule has 1 aromatic heterocycles. The molecule has 2 nitrogen and oxygen atoms in total. The molecule has 7 aromatic rings. The van der Waals surface area contributed by atoms with Crippen LogP contribution in [0, 0.1) is 0 Å². The first-order valence-electron chi connectivity index (χ1n) is 16.2. The van der Waals surface area contributed by atoms with Gasteiger partial charge in [-0.05, 0) is 100 Å². The Morgan fingerprint density at radius 1 is 0.587 bits per heavy atom. The second kappa shape index (κ2) is 10.5. The lowest BCUT2D eigenvalue weighted by Crippen LogP contribution is -2.28. The molecule has 2 aliphatic carbocycles. The van der Waals surface area contributed by atoms with Crippen molar-refractivity contribution in [3.8, 4) is 16.8 Å². The summed E-state index contributed by atoms with van der Waals surface area (Å²) in [5, 5.41) is 1.36. The van der Waals surface area contributed by atoms with E-state index in [1.165, 1.54) is 66.9 Å². The number of allylic oxidation sites excluding steroid dienone is 1. The number of aromatic nitrogens is 1. The molecule has 0 unspecified atom stereocenters. The maximum atomic E-state index is 2.42. The van der Waals surface area contributed by atoms with Gasteiger partial charge in [0.2, 0.25) is 0 Å². The summed E-state index contributed by atoms with van der Waals surface area (Å²) >= 11 is 0. The molecule has 0 bridgehead atoms. The molecule has 1 heterocycles. The van der Waals surface area contributed by atoms with Crippen LogP contribution < -0.4 is 4.90 Å². The molecule has 220 valence electrons. The van der Waals surface area contributed by atoms with Crippen LogP contribution in [0.2, 0.25) is 0 Å². The molecular weight excluding hydrogens is 556 g/mol. The number of para-hydroxylation sites is 1. The maximum absolute atomic E-state index is 2.42. The van der Waals surface area contributed by atoms with E-state index in [2.05, 4.69) is 180 Å². The predicted molar refractivity (Wildman–Crippen MR) is 192 cm³/mol. The zero-order valence-corrected chi connectivity index (χ0v) is 25.9. The number of rotatable bonds is 5. The fraction of sp³-hybridized carbons (Fsp3) is 0.0909. The van der Waals surface area contributed by atoms with Crippen molar-refractivity contribution >= 4 is 28.4 Å². The lowest BCUT2D eigenvalue weighted by molar-refractivity contribution is 0.768. The summed E-state index contributed by atoms with van der Waals surface area (Å²) in [5.74, 6) is 0. The maximum Gasteiger partial charge on any atom is 0.0714 e. The Hall–Kier alpha value is -5.60. The highest BCUT2D eigenvalue weighted by atomic mass is 15.1. The van der Waals surface area contributed by atoms with E-state index in [1.807, 2.05) is 0 Å². The first-order chi connectivity index (χ1) is 22.7. The Bertz CT molecular complexity index is 2220. The molecule has 0 radical (unpaired) electrons. The lowest BCUT2D eigenvalue weighted by Gasteiger charge is -2.34. The minimum atomic E-state index is -0.406. The quantitative estimate of drug-likeness (QED) is 0.194. The molecule has 9 rings (SSSR count). The number of hydrogen-bond donors (Lipinski definition) is 0. The highest BCUT2D eigenvalue weighted by Gasteiger charge is 2.46. The van der Waals surface area contributed by atoms with Crippen molar-refractivity contribution in [2.24, 2.45) is 0 Å². The smallest absolute Gasteiger partial charge is 0.0714 e. The Balaban J connectivity index is 1.17. The average molecular weight is 591 g/mol. The van der Waals surface area contributed by atoms with Crippen molar-refractivity contribution in [3.63, 3.8) is 0 Å². The average Bonchev–Trinajstić information content (AvgIpc) is 3.63. The van der Waals surface area contributed by atoms with Gasteiger partial charge in [0.05, 0.1) is 10.9 Å². The number of anilines is 2.